The summed E-state index contributed by atoms with van der Waals surface area (Å²) in [6.07, 6.45) is 3.80. The topological polar surface area (TPSA) is 64.3 Å². The average Bonchev–Trinajstić information content (AvgIpc) is 2.39. The zero-order chi connectivity index (χ0) is 13.7. The predicted octanol–water partition coefficient (Wildman–Crippen LogP) is 1.48. The van der Waals surface area contributed by atoms with E-state index in [4.69, 9.17) is 10.5 Å². The first kappa shape index (κ1) is 13.9. The van der Waals surface area contributed by atoms with Crippen LogP contribution >= 0.6 is 0 Å². The zero-order valence-corrected chi connectivity index (χ0v) is 11.4. The Morgan fingerprint density at radius 2 is 2.05 bits per heavy atom. The van der Waals surface area contributed by atoms with E-state index in [1.165, 1.54) is 5.56 Å². The van der Waals surface area contributed by atoms with E-state index in [1.54, 1.807) is 7.11 Å². The normalized spacial score (nSPS) is 16.5. The van der Waals surface area contributed by atoms with Crippen LogP contribution in [0, 0.1) is 5.41 Å². The van der Waals surface area contributed by atoms with Gasteiger partial charge in [-0.2, -0.15) is 0 Å². The van der Waals surface area contributed by atoms with E-state index in [1.807, 2.05) is 24.3 Å². The van der Waals surface area contributed by atoms with Crippen LogP contribution < -0.4 is 15.8 Å². The first-order valence-electron chi connectivity index (χ1n) is 6.81. The Morgan fingerprint density at radius 1 is 1.37 bits per heavy atom. The molecule has 104 valence electrons. The minimum atomic E-state index is -0.278. The number of nitrogens with one attached hydrogen (secondary N) is 1. The van der Waals surface area contributed by atoms with Gasteiger partial charge in [0.2, 0.25) is 5.91 Å². The predicted molar refractivity (Wildman–Crippen MR) is 75.0 cm³/mol. The molecule has 0 saturated heterocycles. The third-order valence-corrected chi connectivity index (χ3v) is 4.04. The Hall–Kier alpha value is -1.55. The van der Waals surface area contributed by atoms with Crippen molar-refractivity contribution < 1.29 is 9.53 Å². The van der Waals surface area contributed by atoms with E-state index in [-0.39, 0.29) is 11.3 Å². The lowest BCUT2D eigenvalue weighted by molar-refractivity contribution is -0.135. The molecule has 4 nitrogen and oxygen atoms in total. The van der Waals surface area contributed by atoms with Crippen molar-refractivity contribution in [2.45, 2.75) is 25.7 Å². The molecule has 19 heavy (non-hydrogen) atoms. The van der Waals surface area contributed by atoms with Crippen molar-refractivity contribution >= 4 is 5.91 Å². The van der Waals surface area contributed by atoms with Crippen LogP contribution in [-0.4, -0.2) is 26.1 Å². The molecule has 3 N–H and O–H groups in total. The van der Waals surface area contributed by atoms with Crippen LogP contribution in [0.3, 0.4) is 0 Å². The van der Waals surface area contributed by atoms with Crippen molar-refractivity contribution in [3.63, 3.8) is 0 Å². The summed E-state index contributed by atoms with van der Waals surface area (Å²) in [5.74, 6) is 0.971. The SMILES string of the molecule is COc1ccc(CCNC(=O)C2(CN)CCC2)cc1. The number of amides is 1. The second-order valence-electron chi connectivity index (χ2n) is 5.19. The van der Waals surface area contributed by atoms with Gasteiger partial charge < -0.3 is 15.8 Å². The molecule has 1 aliphatic rings. The van der Waals surface area contributed by atoms with Crippen LogP contribution in [0.15, 0.2) is 24.3 Å². The Balaban J connectivity index is 1.78. The third kappa shape index (κ3) is 3.07. The molecular formula is C15H22N2O2. The van der Waals surface area contributed by atoms with E-state index in [9.17, 15) is 4.79 Å². The van der Waals surface area contributed by atoms with Gasteiger partial charge in [0.15, 0.2) is 0 Å². The molecule has 1 saturated carbocycles. The number of hydrogen-bond donors (Lipinski definition) is 2. The molecule has 0 aromatic heterocycles. The van der Waals surface area contributed by atoms with Crippen LogP contribution in [-0.2, 0) is 11.2 Å². The Kier molecular flexibility index (Phi) is 4.43. The van der Waals surface area contributed by atoms with E-state index in [0.29, 0.717) is 13.1 Å². The standard InChI is InChI=1S/C15H22N2O2/c1-19-13-5-3-12(4-6-13)7-10-17-14(18)15(11-16)8-2-9-15/h3-6H,2,7-11,16H2,1H3,(H,17,18). The number of carbonyl (C=O) groups excluding carboxylic acids is 1. The highest BCUT2D eigenvalue weighted by atomic mass is 16.5. The molecule has 4 heteroatoms. The van der Waals surface area contributed by atoms with Crippen molar-refractivity contribution in [2.24, 2.45) is 11.1 Å². The molecule has 2 rings (SSSR count). The second kappa shape index (κ2) is 6.06. The molecule has 0 unspecified atom stereocenters. The number of ether oxygens (including phenoxy) is 1. The molecule has 0 atom stereocenters. The maximum atomic E-state index is 12.1. The van der Waals surface area contributed by atoms with Crippen molar-refractivity contribution in [1.82, 2.24) is 5.32 Å². The summed E-state index contributed by atoms with van der Waals surface area (Å²) < 4.78 is 5.11. The lowest BCUT2D eigenvalue weighted by Gasteiger charge is -2.39. The monoisotopic (exact) mass is 262 g/mol. The Bertz CT molecular complexity index is 419. The summed E-state index contributed by atoms with van der Waals surface area (Å²) >= 11 is 0. The fourth-order valence-electron chi connectivity index (χ4n) is 2.43. The number of benzene rings is 1. The van der Waals surface area contributed by atoms with Gasteiger partial charge in [0, 0.05) is 13.1 Å². The summed E-state index contributed by atoms with van der Waals surface area (Å²) in [6, 6.07) is 7.91. The molecule has 1 aromatic carbocycles. The summed E-state index contributed by atoms with van der Waals surface area (Å²) in [5, 5.41) is 3.00. The maximum Gasteiger partial charge on any atom is 0.227 e. The first-order chi connectivity index (χ1) is 9.20. The second-order valence-corrected chi connectivity index (χ2v) is 5.19. The van der Waals surface area contributed by atoms with Gasteiger partial charge in [0.25, 0.3) is 0 Å². The van der Waals surface area contributed by atoms with E-state index in [0.717, 1.165) is 31.4 Å². The fourth-order valence-corrected chi connectivity index (χ4v) is 2.43. The van der Waals surface area contributed by atoms with Gasteiger partial charge in [-0.15, -0.1) is 0 Å². The van der Waals surface area contributed by atoms with Gasteiger partial charge >= 0.3 is 0 Å². The number of carbonyl (C=O) groups is 1. The summed E-state index contributed by atoms with van der Waals surface area (Å²) in [7, 11) is 1.65. The average molecular weight is 262 g/mol. The molecule has 0 radical (unpaired) electrons. The highest BCUT2D eigenvalue weighted by molar-refractivity contribution is 5.83. The van der Waals surface area contributed by atoms with Crippen molar-refractivity contribution in [3.8, 4) is 5.75 Å². The minimum Gasteiger partial charge on any atom is -0.497 e. The minimum absolute atomic E-state index is 0.120. The summed E-state index contributed by atoms with van der Waals surface area (Å²) in [6.45, 7) is 1.12. The van der Waals surface area contributed by atoms with Crippen LogP contribution in [0.5, 0.6) is 5.75 Å². The smallest absolute Gasteiger partial charge is 0.227 e. The Morgan fingerprint density at radius 3 is 2.53 bits per heavy atom. The van der Waals surface area contributed by atoms with Gasteiger partial charge in [-0.05, 0) is 37.0 Å². The molecule has 0 spiro atoms. The van der Waals surface area contributed by atoms with Crippen LogP contribution in [0.4, 0.5) is 0 Å². The molecule has 1 amide bonds. The maximum absolute atomic E-state index is 12.1. The fraction of sp³-hybridized carbons (Fsp3) is 0.533. The van der Waals surface area contributed by atoms with E-state index >= 15 is 0 Å². The van der Waals surface area contributed by atoms with Crippen LogP contribution in [0.25, 0.3) is 0 Å². The van der Waals surface area contributed by atoms with Gasteiger partial charge in [0.1, 0.15) is 5.75 Å². The van der Waals surface area contributed by atoms with Crippen molar-refractivity contribution in [1.29, 1.82) is 0 Å². The highest BCUT2D eigenvalue weighted by Gasteiger charge is 2.42. The summed E-state index contributed by atoms with van der Waals surface area (Å²) in [4.78, 5) is 12.1. The van der Waals surface area contributed by atoms with Crippen molar-refractivity contribution in [3.05, 3.63) is 29.8 Å². The largest absolute Gasteiger partial charge is 0.497 e. The van der Waals surface area contributed by atoms with E-state index < -0.39 is 0 Å². The number of nitrogens with two attached hydrogens (primary N) is 1. The quantitative estimate of drug-likeness (QED) is 0.816. The molecule has 0 bridgehead atoms. The lowest BCUT2D eigenvalue weighted by Crippen LogP contribution is -2.50. The number of hydrogen-bond acceptors (Lipinski definition) is 3. The molecule has 1 aliphatic carbocycles. The zero-order valence-electron chi connectivity index (χ0n) is 11.4. The highest BCUT2D eigenvalue weighted by Crippen LogP contribution is 2.39. The lowest BCUT2D eigenvalue weighted by atomic mass is 9.68. The number of methoxy groups -OCH3 is 1. The third-order valence-electron chi connectivity index (χ3n) is 4.04. The molecule has 0 aliphatic heterocycles. The van der Waals surface area contributed by atoms with Crippen molar-refractivity contribution in [2.75, 3.05) is 20.2 Å². The van der Waals surface area contributed by atoms with Gasteiger partial charge in [-0.1, -0.05) is 18.6 Å². The van der Waals surface area contributed by atoms with Gasteiger partial charge in [-0.3, -0.25) is 4.79 Å². The molecule has 0 heterocycles. The summed E-state index contributed by atoms with van der Waals surface area (Å²) in [5.41, 5.74) is 6.62. The van der Waals surface area contributed by atoms with Gasteiger partial charge in [0.05, 0.1) is 12.5 Å². The van der Waals surface area contributed by atoms with E-state index in [2.05, 4.69) is 5.32 Å². The first-order valence-corrected chi connectivity index (χ1v) is 6.81. The molecule has 1 fully saturated rings. The van der Waals surface area contributed by atoms with Gasteiger partial charge in [-0.25, -0.2) is 0 Å². The molecular weight excluding hydrogens is 240 g/mol. The Labute approximate surface area is 114 Å². The molecule has 1 aromatic rings. The number of rotatable bonds is 6. The van der Waals surface area contributed by atoms with Crippen LogP contribution in [0.1, 0.15) is 24.8 Å². The van der Waals surface area contributed by atoms with Crippen LogP contribution in [0.2, 0.25) is 0 Å².